The maximum absolute atomic E-state index is 10.8. The van der Waals surface area contributed by atoms with Crippen molar-refractivity contribution >= 4 is 23.5 Å². The molecule has 0 saturated carbocycles. The van der Waals surface area contributed by atoms with Crippen molar-refractivity contribution in [3.8, 4) is 0 Å². The first-order valence-corrected chi connectivity index (χ1v) is 6.20. The Bertz CT molecular complexity index is 509. The Kier molecular flexibility index (Phi) is 5.87. The van der Waals surface area contributed by atoms with E-state index >= 15 is 0 Å². The molecule has 2 unspecified atom stereocenters. The van der Waals surface area contributed by atoms with Crippen molar-refractivity contribution in [3.63, 3.8) is 0 Å². The zero-order chi connectivity index (χ0) is 15.3. The number of pyridine rings is 1. The molecule has 1 aromatic heterocycles. The van der Waals surface area contributed by atoms with E-state index in [0.29, 0.717) is 0 Å². The van der Waals surface area contributed by atoms with Crippen molar-refractivity contribution < 1.29 is 24.9 Å². The van der Waals surface area contributed by atoms with Crippen LogP contribution in [0.5, 0.6) is 0 Å². The van der Waals surface area contributed by atoms with E-state index in [1.54, 1.807) is 0 Å². The molecular weight excluding hydrogens is 288 g/mol. The summed E-state index contributed by atoms with van der Waals surface area (Å²) < 4.78 is 0. The molecule has 20 heavy (non-hydrogen) atoms. The molecule has 7 nitrogen and oxygen atoms in total. The summed E-state index contributed by atoms with van der Waals surface area (Å²) in [4.78, 5) is 25.2. The SMILES string of the molecule is CC(=O)NCCC(O)C(O)c1cc(C(=O)O)cnc1Cl. The highest BCUT2D eigenvalue weighted by Gasteiger charge is 2.22. The minimum Gasteiger partial charge on any atom is -0.478 e. The van der Waals surface area contributed by atoms with Crippen molar-refractivity contribution in [2.75, 3.05) is 6.54 Å². The third-order valence-electron chi connectivity index (χ3n) is 2.61. The van der Waals surface area contributed by atoms with E-state index in [2.05, 4.69) is 10.3 Å². The number of carbonyl (C=O) groups excluding carboxylic acids is 1. The number of aromatic carboxylic acids is 1. The number of hydrogen-bond acceptors (Lipinski definition) is 5. The van der Waals surface area contributed by atoms with Gasteiger partial charge in [-0.15, -0.1) is 0 Å². The largest absolute Gasteiger partial charge is 0.478 e. The van der Waals surface area contributed by atoms with Crippen molar-refractivity contribution in [3.05, 3.63) is 28.5 Å². The normalized spacial score (nSPS) is 13.6. The maximum atomic E-state index is 10.8. The lowest BCUT2D eigenvalue weighted by Gasteiger charge is -2.19. The molecule has 0 saturated heterocycles. The van der Waals surface area contributed by atoms with Crippen molar-refractivity contribution in [1.82, 2.24) is 10.3 Å². The van der Waals surface area contributed by atoms with Crippen LogP contribution in [0.4, 0.5) is 0 Å². The van der Waals surface area contributed by atoms with Gasteiger partial charge in [-0.2, -0.15) is 0 Å². The number of nitrogens with one attached hydrogen (secondary N) is 1. The summed E-state index contributed by atoms with van der Waals surface area (Å²) in [6, 6.07) is 1.16. The van der Waals surface area contributed by atoms with Crippen LogP contribution in [-0.2, 0) is 4.79 Å². The van der Waals surface area contributed by atoms with Crippen LogP contribution in [0.25, 0.3) is 0 Å². The Morgan fingerprint density at radius 3 is 2.65 bits per heavy atom. The smallest absolute Gasteiger partial charge is 0.337 e. The number of carbonyl (C=O) groups is 2. The number of aromatic nitrogens is 1. The summed E-state index contributed by atoms with van der Waals surface area (Å²) in [7, 11) is 0. The Balaban J connectivity index is 2.79. The predicted molar refractivity (Wildman–Crippen MR) is 70.5 cm³/mol. The Labute approximate surface area is 120 Å². The number of carboxylic acids is 1. The number of nitrogens with zero attached hydrogens (tertiary/aromatic N) is 1. The van der Waals surface area contributed by atoms with E-state index in [9.17, 15) is 19.8 Å². The van der Waals surface area contributed by atoms with Gasteiger partial charge in [0.1, 0.15) is 11.3 Å². The number of aliphatic hydroxyl groups is 2. The third-order valence-corrected chi connectivity index (χ3v) is 2.93. The van der Waals surface area contributed by atoms with Crippen LogP contribution in [0.15, 0.2) is 12.3 Å². The molecule has 0 aliphatic rings. The molecule has 1 amide bonds. The van der Waals surface area contributed by atoms with Gasteiger partial charge in [-0.3, -0.25) is 4.79 Å². The first-order chi connectivity index (χ1) is 9.32. The highest BCUT2D eigenvalue weighted by Crippen LogP contribution is 2.25. The van der Waals surface area contributed by atoms with Crippen molar-refractivity contribution in [1.29, 1.82) is 0 Å². The van der Waals surface area contributed by atoms with Gasteiger partial charge in [0.05, 0.1) is 11.7 Å². The summed E-state index contributed by atoms with van der Waals surface area (Å²) in [5.74, 6) is -1.46. The molecule has 0 aliphatic carbocycles. The van der Waals surface area contributed by atoms with Crippen LogP contribution >= 0.6 is 11.6 Å². The van der Waals surface area contributed by atoms with Crippen LogP contribution < -0.4 is 5.32 Å². The van der Waals surface area contributed by atoms with E-state index in [-0.39, 0.29) is 35.2 Å². The third kappa shape index (κ3) is 4.44. The van der Waals surface area contributed by atoms with Crippen LogP contribution in [0.3, 0.4) is 0 Å². The topological polar surface area (TPSA) is 120 Å². The molecule has 1 rings (SSSR count). The van der Waals surface area contributed by atoms with E-state index in [0.717, 1.165) is 12.3 Å². The van der Waals surface area contributed by atoms with E-state index < -0.39 is 18.2 Å². The quantitative estimate of drug-likeness (QED) is 0.563. The highest BCUT2D eigenvalue weighted by atomic mass is 35.5. The van der Waals surface area contributed by atoms with Gasteiger partial charge in [0.2, 0.25) is 5.91 Å². The molecule has 0 spiro atoms. The maximum Gasteiger partial charge on any atom is 0.337 e. The van der Waals surface area contributed by atoms with Crippen LogP contribution in [-0.4, -0.2) is 44.8 Å². The fourth-order valence-corrected chi connectivity index (χ4v) is 1.77. The number of carboxylic acid groups (broad SMARTS) is 1. The van der Waals surface area contributed by atoms with Gasteiger partial charge in [0.15, 0.2) is 0 Å². The van der Waals surface area contributed by atoms with E-state index in [1.165, 1.54) is 6.92 Å². The van der Waals surface area contributed by atoms with E-state index in [1.807, 2.05) is 0 Å². The summed E-state index contributed by atoms with van der Waals surface area (Å²) in [5, 5.41) is 31.0. The fraction of sp³-hybridized carbons (Fsp3) is 0.417. The summed E-state index contributed by atoms with van der Waals surface area (Å²) >= 11 is 5.78. The highest BCUT2D eigenvalue weighted by molar-refractivity contribution is 6.30. The van der Waals surface area contributed by atoms with Gasteiger partial charge < -0.3 is 20.6 Å². The molecule has 8 heteroatoms. The molecule has 0 aromatic carbocycles. The van der Waals surface area contributed by atoms with Gasteiger partial charge in [0, 0.05) is 25.2 Å². The summed E-state index contributed by atoms with van der Waals surface area (Å²) in [6.07, 6.45) is -1.44. The van der Waals surface area contributed by atoms with Gasteiger partial charge in [-0.05, 0) is 12.5 Å². The van der Waals surface area contributed by atoms with Gasteiger partial charge >= 0.3 is 5.97 Å². The van der Waals surface area contributed by atoms with Crippen LogP contribution in [0, 0.1) is 0 Å². The minimum atomic E-state index is -1.39. The summed E-state index contributed by atoms with van der Waals surface area (Å²) in [5.41, 5.74) is -0.112. The number of aliphatic hydroxyl groups excluding tert-OH is 2. The Morgan fingerprint density at radius 2 is 2.10 bits per heavy atom. The minimum absolute atomic E-state index is 0.0295. The average molecular weight is 303 g/mol. The molecule has 4 N–H and O–H groups in total. The second-order valence-electron chi connectivity index (χ2n) is 4.19. The summed E-state index contributed by atoms with van der Waals surface area (Å²) in [6.45, 7) is 1.51. The molecule has 110 valence electrons. The molecular formula is C12H15ClN2O5. The Morgan fingerprint density at radius 1 is 1.45 bits per heavy atom. The number of rotatable bonds is 6. The van der Waals surface area contributed by atoms with E-state index in [4.69, 9.17) is 16.7 Å². The van der Waals surface area contributed by atoms with Gasteiger partial charge in [-0.1, -0.05) is 11.6 Å². The fourth-order valence-electron chi connectivity index (χ4n) is 1.55. The molecule has 0 aliphatic heterocycles. The lowest BCUT2D eigenvalue weighted by Crippen LogP contribution is -2.28. The number of hydrogen-bond donors (Lipinski definition) is 4. The number of halogens is 1. The molecule has 1 heterocycles. The van der Waals surface area contributed by atoms with Crippen LogP contribution in [0.1, 0.15) is 35.4 Å². The first-order valence-electron chi connectivity index (χ1n) is 5.82. The van der Waals surface area contributed by atoms with Crippen molar-refractivity contribution in [2.45, 2.75) is 25.6 Å². The molecule has 0 bridgehead atoms. The molecule has 0 radical (unpaired) electrons. The monoisotopic (exact) mass is 302 g/mol. The van der Waals surface area contributed by atoms with Crippen LogP contribution in [0.2, 0.25) is 5.15 Å². The molecule has 2 atom stereocenters. The lowest BCUT2D eigenvalue weighted by molar-refractivity contribution is -0.119. The second-order valence-corrected chi connectivity index (χ2v) is 4.55. The van der Waals surface area contributed by atoms with Gasteiger partial charge in [-0.25, -0.2) is 9.78 Å². The zero-order valence-electron chi connectivity index (χ0n) is 10.7. The predicted octanol–water partition coefficient (Wildman–Crippen LogP) is 0.354. The second kappa shape index (κ2) is 7.18. The van der Waals surface area contributed by atoms with Crippen molar-refractivity contribution in [2.24, 2.45) is 0 Å². The average Bonchev–Trinajstić information content (AvgIpc) is 2.37. The molecule has 1 aromatic rings. The standard InChI is InChI=1S/C12H15ClN2O5/c1-6(16)14-3-2-9(17)10(18)8-4-7(12(19)20)5-15-11(8)13/h4-5,9-10,17-18H,2-3H2,1H3,(H,14,16)(H,19,20). The van der Waals surface area contributed by atoms with Gasteiger partial charge in [0.25, 0.3) is 0 Å². The lowest BCUT2D eigenvalue weighted by atomic mass is 10.0. The number of amides is 1. The Hall–Kier alpha value is -1.70. The zero-order valence-corrected chi connectivity index (χ0v) is 11.5. The first kappa shape index (κ1) is 16.4. The molecule has 0 fully saturated rings.